The smallest absolute Gasteiger partial charge is 0.306 e. The molecule has 0 aliphatic carbocycles. The van der Waals surface area contributed by atoms with Gasteiger partial charge in [-0.3, -0.25) is 9.59 Å². The number of hydrogen-bond donors (Lipinski definition) is 1. The van der Waals surface area contributed by atoms with Crippen LogP contribution in [-0.2, 0) is 19.1 Å². The number of allylic oxidation sites excluding steroid dienone is 20. The van der Waals surface area contributed by atoms with Crippen molar-refractivity contribution in [1.29, 1.82) is 0 Å². The van der Waals surface area contributed by atoms with Crippen LogP contribution < -0.4 is 0 Å². The van der Waals surface area contributed by atoms with Crippen LogP contribution in [0.5, 0.6) is 0 Å². The molecule has 0 fully saturated rings. The van der Waals surface area contributed by atoms with Crippen LogP contribution >= 0.6 is 0 Å². The molecule has 5 heteroatoms. The number of ether oxygens (including phenoxy) is 2. The molecule has 70 heavy (non-hydrogen) atoms. The highest BCUT2D eigenvalue weighted by Crippen LogP contribution is 2.15. The summed E-state index contributed by atoms with van der Waals surface area (Å²) in [6, 6.07) is 0. The summed E-state index contributed by atoms with van der Waals surface area (Å²) in [5, 5.41) is 9.66. The van der Waals surface area contributed by atoms with Gasteiger partial charge in [-0.15, -0.1) is 0 Å². The summed E-state index contributed by atoms with van der Waals surface area (Å²) in [5.74, 6) is -0.616. The number of rotatable bonds is 52. The first-order valence-corrected chi connectivity index (χ1v) is 29.1. The summed E-state index contributed by atoms with van der Waals surface area (Å²) < 4.78 is 10.7. The van der Waals surface area contributed by atoms with Crippen molar-refractivity contribution in [3.63, 3.8) is 0 Å². The van der Waals surface area contributed by atoms with Gasteiger partial charge in [0.15, 0.2) is 6.10 Å². The normalized spacial score (nSPS) is 13.1. The molecular formula is C65H108O5. The van der Waals surface area contributed by atoms with Gasteiger partial charge in [0.1, 0.15) is 6.61 Å². The van der Waals surface area contributed by atoms with Crippen molar-refractivity contribution >= 4 is 11.9 Å². The molecule has 0 spiro atoms. The zero-order valence-electron chi connectivity index (χ0n) is 45.5. The molecule has 1 unspecified atom stereocenters. The minimum Gasteiger partial charge on any atom is -0.462 e. The predicted octanol–water partition coefficient (Wildman–Crippen LogP) is 19.9. The van der Waals surface area contributed by atoms with E-state index < -0.39 is 6.10 Å². The van der Waals surface area contributed by atoms with Gasteiger partial charge < -0.3 is 14.6 Å². The second-order valence-electron chi connectivity index (χ2n) is 19.0. The van der Waals surface area contributed by atoms with E-state index in [1.807, 2.05) is 0 Å². The molecule has 398 valence electrons. The number of aliphatic hydroxyl groups excluding tert-OH is 1. The Balaban J connectivity index is 3.57. The Bertz CT molecular complexity index is 1420. The zero-order chi connectivity index (χ0) is 50.6. The van der Waals surface area contributed by atoms with Crippen molar-refractivity contribution in [1.82, 2.24) is 0 Å². The number of unbranched alkanes of at least 4 members (excludes halogenated alkanes) is 24. The van der Waals surface area contributed by atoms with Crippen LogP contribution in [0.1, 0.15) is 258 Å². The molecule has 0 heterocycles. The third kappa shape index (κ3) is 56.9. The second-order valence-corrected chi connectivity index (χ2v) is 19.0. The first-order valence-electron chi connectivity index (χ1n) is 29.1. The lowest BCUT2D eigenvalue weighted by atomic mass is 10.0. The van der Waals surface area contributed by atoms with Gasteiger partial charge >= 0.3 is 11.9 Å². The molecule has 5 nitrogen and oxygen atoms in total. The van der Waals surface area contributed by atoms with Crippen molar-refractivity contribution in [2.24, 2.45) is 0 Å². The Morgan fingerprint density at radius 2 is 0.614 bits per heavy atom. The summed E-state index contributed by atoms with van der Waals surface area (Å²) >= 11 is 0. The highest BCUT2D eigenvalue weighted by molar-refractivity contribution is 5.70. The van der Waals surface area contributed by atoms with Gasteiger partial charge in [0.25, 0.3) is 0 Å². The second kappa shape index (κ2) is 59.6. The Labute approximate surface area is 433 Å². The van der Waals surface area contributed by atoms with Gasteiger partial charge in [0, 0.05) is 12.8 Å². The van der Waals surface area contributed by atoms with Gasteiger partial charge in [-0.25, -0.2) is 0 Å². The quantitative estimate of drug-likeness (QED) is 0.0374. The number of esters is 2. The molecule has 1 N–H and O–H groups in total. The standard InChI is InChI=1S/C65H108O5/c1-3-5-7-9-11-13-15-17-19-21-23-25-27-29-31-32-34-35-37-39-41-43-45-47-49-51-53-55-57-59-64(67)69-62-63(61-66)70-65(68)60-58-56-54-52-50-48-46-44-42-40-38-36-33-30-28-26-24-22-20-18-16-14-12-10-8-6-4-2/h6,8,12,14-15,17-18,20-21,23-24,26-27,29-30,33,38,40,44,46,63,66H,3-5,7,9-11,13,16,19,22,25,28,31-32,34-37,39,41-43,45,47-62H2,1-2H3/b8-6-,14-12-,17-15-,20-18-,23-21-,26-24-,29-27-,33-30-,40-38-,46-44-. The molecule has 0 saturated heterocycles. The highest BCUT2D eigenvalue weighted by atomic mass is 16.6. The SMILES string of the molecule is CC/C=C\C/C=C\C/C=C\C/C=C\C/C=C\C/C=C\C/C=C\CCCCCCCC(=O)OC(CO)COC(=O)CCCCCCCCCCCCCCCC/C=C\C/C=C\C/C=C\CCCCCCC. The molecule has 0 rings (SSSR count). The van der Waals surface area contributed by atoms with E-state index in [2.05, 4.69) is 135 Å². The van der Waals surface area contributed by atoms with Crippen LogP contribution in [0.2, 0.25) is 0 Å². The van der Waals surface area contributed by atoms with E-state index in [4.69, 9.17) is 9.47 Å². The highest BCUT2D eigenvalue weighted by Gasteiger charge is 2.16. The first kappa shape index (κ1) is 66.3. The summed E-state index contributed by atoms with van der Waals surface area (Å²) in [4.78, 5) is 24.5. The molecule has 0 aliphatic rings. The van der Waals surface area contributed by atoms with E-state index in [-0.39, 0.29) is 25.2 Å². The lowest BCUT2D eigenvalue weighted by Gasteiger charge is -2.15. The molecular weight excluding hydrogens is 861 g/mol. The van der Waals surface area contributed by atoms with Crippen molar-refractivity contribution < 1.29 is 24.2 Å². The number of hydrogen-bond acceptors (Lipinski definition) is 5. The molecule has 0 aromatic carbocycles. The molecule has 1 atom stereocenters. The van der Waals surface area contributed by atoms with Gasteiger partial charge in [-0.1, -0.05) is 257 Å². The maximum atomic E-state index is 12.3. The van der Waals surface area contributed by atoms with Gasteiger partial charge in [-0.05, 0) is 109 Å². The lowest BCUT2D eigenvalue weighted by molar-refractivity contribution is -0.161. The lowest BCUT2D eigenvalue weighted by Crippen LogP contribution is -2.28. The molecule has 0 saturated carbocycles. The third-order valence-corrected chi connectivity index (χ3v) is 12.2. The van der Waals surface area contributed by atoms with Crippen LogP contribution in [0.15, 0.2) is 122 Å². The van der Waals surface area contributed by atoms with Crippen molar-refractivity contribution in [3.8, 4) is 0 Å². The fourth-order valence-corrected chi connectivity index (χ4v) is 7.90. The Hall–Kier alpha value is -3.70. The summed E-state index contributed by atoms with van der Waals surface area (Å²) in [5.41, 5.74) is 0. The monoisotopic (exact) mass is 969 g/mol. The average Bonchev–Trinajstić information content (AvgIpc) is 3.36. The van der Waals surface area contributed by atoms with Gasteiger partial charge in [-0.2, -0.15) is 0 Å². The number of aliphatic hydroxyl groups is 1. The van der Waals surface area contributed by atoms with E-state index in [1.54, 1.807) is 0 Å². The van der Waals surface area contributed by atoms with E-state index in [0.717, 1.165) is 116 Å². The van der Waals surface area contributed by atoms with E-state index in [0.29, 0.717) is 12.8 Å². The zero-order valence-corrected chi connectivity index (χ0v) is 45.5. The summed E-state index contributed by atoms with van der Waals surface area (Å²) in [6.45, 7) is 4.01. The van der Waals surface area contributed by atoms with Crippen molar-refractivity contribution in [3.05, 3.63) is 122 Å². The molecule has 0 amide bonds. The minimum absolute atomic E-state index is 0.0808. The molecule has 0 aromatic heterocycles. The fourth-order valence-electron chi connectivity index (χ4n) is 7.90. The maximum absolute atomic E-state index is 12.3. The van der Waals surface area contributed by atoms with Crippen LogP contribution in [0.3, 0.4) is 0 Å². The van der Waals surface area contributed by atoms with E-state index in [9.17, 15) is 14.7 Å². The van der Waals surface area contributed by atoms with Gasteiger partial charge in [0.05, 0.1) is 6.61 Å². The van der Waals surface area contributed by atoms with E-state index in [1.165, 1.54) is 116 Å². The van der Waals surface area contributed by atoms with Crippen LogP contribution in [0, 0.1) is 0 Å². The predicted molar refractivity (Wildman–Crippen MR) is 306 cm³/mol. The van der Waals surface area contributed by atoms with Crippen LogP contribution in [-0.4, -0.2) is 36.4 Å². The Morgan fingerprint density at radius 3 is 0.929 bits per heavy atom. The maximum Gasteiger partial charge on any atom is 0.306 e. The largest absolute Gasteiger partial charge is 0.462 e. The van der Waals surface area contributed by atoms with Crippen LogP contribution in [0.25, 0.3) is 0 Å². The number of carbonyl (C=O) groups excluding carboxylic acids is 2. The summed E-state index contributed by atoms with van der Waals surface area (Å²) in [7, 11) is 0. The van der Waals surface area contributed by atoms with E-state index >= 15 is 0 Å². The van der Waals surface area contributed by atoms with Gasteiger partial charge in [0.2, 0.25) is 0 Å². The number of carbonyl (C=O) groups is 2. The first-order chi connectivity index (χ1) is 34.6. The average molecular weight is 970 g/mol. The van der Waals surface area contributed by atoms with Crippen molar-refractivity contribution in [2.75, 3.05) is 13.2 Å². The Kier molecular flexibility index (Phi) is 56.5. The summed E-state index contributed by atoms with van der Waals surface area (Å²) in [6.07, 6.45) is 87.4. The topological polar surface area (TPSA) is 72.8 Å². The van der Waals surface area contributed by atoms with Crippen LogP contribution in [0.4, 0.5) is 0 Å². The molecule has 0 aromatic rings. The molecule has 0 bridgehead atoms. The Morgan fingerprint density at radius 1 is 0.343 bits per heavy atom. The minimum atomic E-state index is -0.792. The van der Waals surface area contributed by atoms with Crippen molar-refractivity contribution in [2.45, 2.75) is 264 Å². The fraction of sp³-hybridized carbons (Fsp3) is 0.662. The third-order valence-electron chi connectivity index (χ3n) is 12.2. The molecule has 0 radical (unpaired) electrons. The molecule has 0 aliphatic heterocycles.